The second-order valence-corrected chi connectivity index (χ2v) is 6.59. The molecule has 7 nitrogen and oxygen atoms in total. The molecule has 0 aliphatic carbocycles. The molecule has 0 bridgehead atoms. The monoisotopic (exact) mass is 430 g/mol. The van der Waals surface area contributed by atoms with E-state index in [4.69, 9.17) is 11.6 Å². The largest absolute Gasteiger partial charge is 0.436 e. The van der Waals surface area contributed by atoms with Crippen molar-refractivity contribution in [1.29, 1.82) is 0 Å². The van der Waals surface area contributed by atoms with Crippen LogP contribution < -0.4 is 5.32 Å². The summed E-state index contributed by atoms with van der Waals surface area (Å²) in [7, 11) is 0. The van der Waals surface area contributed by atoms with Gasteiger partial charge in [0.1, 0.15) is 18.2 Å². The first kappa shape index (κ1) is 20.8. The summed E-state index contributed by atoms with van der Waals surface area (Å²) in [5, 5.41) is 9.27. The van der Waals surface area contributed by atoms with Crippen LogP contribution in [0.2, 0.25) is 5.02 Å². The van der Waals surface area contributed by atoms with Crippen LogP contribution in [-0.2, 0) is 17.5 Å². The van der Waals surface area contributed by atoms with E-state index < -0.39 is 34.7 Å². The summed E-state index contributed by atoms with van der Waals surface area (Å²) >= 11 is 5.71. The lowest BCUT2D eigenvalue weighted by atomic mass is 10.2. The van der Waals surface area contributed by atoms with E-state index in [-0.39, 0.29) is 18.2 Å². The molecule has 0 aliphatic rings. The topological polar surface area (TPSA) is 77.6 Å². The van der Waals surface area contributed by atoms with E-state index in [2.05, 4.69) is 20.5 Å². The summed E-state index contributed by atoms with van der Waals surface area (Å²) in [5.41, 5.74) is -0.881. The quantitative estimate of drug-likeness (QED) is 0.624. The molecule has 29 heavy (non-hydrogen) atoms. The van der Waals surface area contributed by atoms with Crippen molar-refractivity contribution in [3.05, 3.63) is 58.4 Å². The Bertz CT molecular complexity index is 1040. The van der Waals surface area contributed by atoms with Gasteiger partial charge in [-0.15, -0.1) is 5.10 Å². The fourth-order valence-electron chi connectivity index (χ4n) is 2.61. The number of aromatic nitrogens is 5. The minimum Gasteiger partial charge on any atom is -0.291 e. The van der Waals surface area contributed by atoms with Gasteiger partial charge in [-0.3, -0.25) is 14.8 Å². The van der Waals surface area contributed by atoms with E-state index in [0.29, 0.717) is 5.56 Å². The van der Waals surface area contributed by atoms with Gasteiger partial charge >= 0.3 is 6.18 Å². The smallest absolute Gasteiger partial charge is 0.291 e. The highest BCUT2D eigenvalue weighted by molar-refractivity contribution is 6.32. The van der Waals surface area contributed by atoms with Crippen LogP contribution in [0.4, 0.5) is 23.5 Å². The van der Waals surface area contributed by atoms with Gasteiger partial charge in [-0.2, -0.15) is 18.3 Å². The summed E-state index contributed by atoms with van der Waals surface area (Å²) in [6.45, 7) is 2.78. The summed E-state index contributed by atoms with van der Waals surface area (Å²) in [4.78, 5) is 16.3. The number of nitrogens with zero attached hydrogens (tertiary/aromatic N) is 5. The Labute approximate surface area is 167 Å². The van der Waals surface area contributed by atoms with E-state index in [1.54, 1.807) is 18.2 Å². The maximum atomic E-state index is 13.7. The Hall–Kier alpha value is -2.95. The highest BCUT2D eigenvalue weighted by atomic mass is 35.5. The highest BCUT2D eigenvalue weighted by Gasteiger charge is 2.39. The molecule has 3 rings (SSSR count). The average molecular weight is 431 g/mol. The van der Waals surface area contributed by atoms with Crippen molar-refractivity contribution >= 4 is 23.5 Å². The van der Waals surface area contributed by atoms with Crippen molar-refractivity contribution in [3.63, 3.8) is 0 Å². The van der Waals surface area contributed by atoms with E-state index in [9.17, 15) is 22.4 Å². The molecule has 2 aromatic heterocycles. The molecule has 0 saturated heterocycles. The Morgan fingerprint density at radius 2 is 1.97 bits per heavy atom. The van der Waals surface area contributed by atoms with Gasteiger partial charge in [-0.05, 0) is 19.9 Å². The highest BCUT2D eigenvalue weighted by Crippen LogP contribution is 2.36. The number of nitrogens with one attached hydrogen (secondary N) is 1. The molecule has 3 aromatic rings. The summed E-state index contributed by atoms with van der Waals surface area (Å²) in [6, 6.07) is 5.01. The molecule has 0 aliphatic heterocycles. The normalized spacial score (nSPS) is 12.8. The molecule has 1 amide bonds. The maximum absolute atomic E-state index is 13.7. The van der Waals surface area contributed by atoms with Gasteiger partial charge < -0.3 is 0 Å². The zero-order valence-corrected chi connectivity index (χ0v) is 16.0. The summed E-state index contributed by atoms with van der Waals surface area (Å²) in [5.74, 6) is -1.18. The molecular weight excluding hydrogens is 416 g/mol. The lowest BCUT2D eigenvalue weighted by Crippen LogP contribution is -2.26. The SMILES string of the molecule is Cc1c(Cl)c(C(F)(F)F)nn1C(C)C(=O)Nc1ncn(Cc2ccccc2F)n1. The van der Waals surface area contributed by atoms with Gasteiger partial charge in [0.2, 0.25) is 5.95 Å². The predicted molar refractivity (Wildman–Crippen MR) is 95.8 cm³/mol. The van der Waals surface area contributed by atoms with Crippen LogP contribution in [0.25, 0.3) is 0 Å². The zero-order chi connectivity index (χ0) is 21.3. The molecule has 1 unspecified atom stereocenters. The summed E-state index contributed by atoms with van der Waals surface area (Å²) < 4.78 is 54.8. The van der Waals surface area contributed by atoms with Crippen molar-refractivity contribution in [2.24, 2.45) is 0 Å². The molecule has 1 N–H and O–H groups in total. The number of hydrogen-bond acceptors (Lipinski definition) is 4. The number of rotatable bonds is 5. The molecule has 0 saturated carbocycles. The number of amides is 1. The van der Waals surface area contributed by atoms with Gasteiger partial charge in [0, 0.05) is 5.56 Å². The fourth-order valence-corrected chi connectivity index (χ4v) is 2.84. The summed E-state index contributed by atoms with van der Waals surface area (Å²) in [6.07, 6.45) is -3.44. The van der Waals surface area contributed by atoms with Crippen LogP contribution in [-0.4, -0.2) is 30.5 Å². The van der Waals surface area contributed by atoms with Gasteiger partial charge in [0.05, 0.1) is 17.3 Å². The third kappa shape index (κ3) is 4.39. The molecular formula is C17H15ClF4N6O. The number of benzene rings is 1. The molecule has 12 heteroatoms. The van der Waals surface area contributed by atoms with Crippen LogP contribution in [0, 0.1) is 12.7 Å². The minimum atomic E-state index is -4.74. The molecule has 0 fully saturated rings. The predicted octanol–water partition coefficient (Wildman–Crippen LogP) is 3.84. The van der Waals surface area contributed by atoms with E-state index in [0.717, 1.165) is 4.68 Å². The number of hydrogen-bond donors (Lipinski definition) is 1. The maximum Gasteiger partial charge on any atom is 0.436 e. The standard InChI is InChI=1S/C17H15ClF4N6O/c1-9-13(18)14(17(20,21)22)25-28(9)10(2)15(29)24-16-23-8-27(26-16)7-11-5-3-4-6-12(11)19/h3-6,8,10H,7H2,1-2H3,(H,24,26,29). The second kappa shape index (κ2) is 7.82. The number of anilines is 1. The lowest BCUT2D eigenvalue weighted by molar-refractivity contribution is -0.141. The van der Waals surface area contributed by atoms with Crippen LogP contribution in [0.1, 0.15) is 29.9 Å². The first-order valence-electron chi connectivity index (χ1n) is 8.33. The Morgan fingerprint density at radius 3 is 2.59 bits per heavy atom. The van der Waals surface area contributed by atoms with Crippen LogP contribution in [0.5, 0.6) is 0 Å². The Kier molecular flexibility index (Phi) is 5.60. The first-order chi connectivity index (χ1) is 13.6. The number of carbonyl (C=O) groups is 1. The minimum absolute atomic E-state index is 0.000294. The second-order valence-electron chi connectivity index (χ2n) is 6.21. The zero-order valence-electron chi connectivity index (χ0n) is 15.2. The number of alkyl halides is 3. The van der Waals surface area contributed by atoms with Gasteiger partial charge in [0.25, 0.3) is 5.91 Å². The Balaban J connectivity index is 1.73. The Morgan fingerprint density at radius 1 is 1.28 bits per heavy atom. The number of halogens is 5. The van der Waals surface area contributed by atoms with E-state index in [1.165, 1.54) is 30.9 Å². The molecule has 0 radical (unpaired) electrons. The van der Waals surface area contributed by atoms with Crippen molar-refractivity contribution in [3.8, 4) is 0 Å². The van der Waals surface area contributed by atoms with Crippen molar-refractivity contribution in [2.75, 3.05) is 5.32 Å². The van der Waals surface area contributed by atoms with Crippen molar-refractivity contribution in [1.82, 2.24) is 24.5 Å². The lowest BCUT2D eigenvalue weighted by Gasteiger charge is -2.13. The average Bonchev–Trinajstić information content (AvgIpc) is 3.21. The molecule has 2 heterocycles. The van der Waals surface area contributed by atoms with Crippen LogP contribution in [0.15, 0.2) is 30.6 Å². The third-order valence-electron chi connectivity index (χ3n) is 4.15. The third-order valence-corrected chi connectivity index (χ3v) is 4.61. The molecule has 1 aromatic carbocycles. The molecule has 154 valence electrons. The van der Waals surface area contributed by atoms with Gasteiger partial charge in [-0.25, -0.2) is 14.1 Å². The fraction of sp³-hybridized carbons (Fsp3) is 0.294. The molecule has 1 atom stereocenters. The van der Waals surface area contributed by atoms with Crippen LogP contribution in [0.3, 0.4) is 0 Å². The van der Waals surface area contributed by atoms with E-state index >= 15 is 0 Å². The van der Waals surface area contributed by atoms with Gasteiger partial charge in [-0.1, -0.05) is 29.8 Å². The van der Waals surface area contributed by atoms with Crippen LogP contribution >= 0.6 is 11.6 Å². The van der Waals surface area contributed by atoms with E-state index in [1.807, 2.05) is 0 Å². The molecule has 0 spiro atoms. The van der Waals surface area contributed by atoms with Crippen molar-refractivity contribution in [2.45, 2.75) is 32.6 Å². The van der Waals surface area contributed by atoms with Gasteiger partial charge in [0.15, 0.2) is 5.69 Å². The first-order valence-corrected chi connectivity index (χ1v) is 8.71. The van der Waals surface area contributed by atoms with Crippen molar-refractivity contribution < 1.29 is 22.4 Å². The number of carbonyl (C=O) groups excluding carboxylic acids is 1.